The van der Waals surface area contributed by atoms with E-state index >= 15 is 0 Å². The van der Waals surface area contributed by atoms with Gasteiger partial charge in [-0.05, 0) is 48.4 Å². The molecule has 21 heavy (non-hydrogen) atoms. The van der Waals surface area contributed by atoms with Crippen LogP contribution < -0.4 is 4.74 Å². The Morgan fingerprint density at radius 2 is 2.00 bits per heavy atom. The molecule has 0 amide bonds. The van der Waals surface area contributed by atoms with Gasteiger partial charge >= 0.3 is 0 Å². The van der Waals surface area contributed by atoms with Crippen LogP contribution in [0.3, 0.4) is 0 Å². The number of aromatic hydroxyl groups is 1. The van der Waals surface area contributed by atoms with Gasteiger partial charge in [0.2, 0.25) is 0 Å². The lowest BCUT2D eigenvalue weighted by molar-refractivity contribution is 0.305. The predicted octanol–water partition coefficient (Wildman–Crippen LogP) is 3.01. The normalized spacial score (nSPS) is 9.81. The molecule has 0 fully saturated rings. The first-order chi connectivity index (χ1) is 10.2. The van der Waals surface area contributed by atoms with Gasteiger partial charge in [-0.3, -0.25) is 0 Å². The van der Waals surface area contributed by atoms with E-state index in [1.165, 1.54) is 0 Å². The van der Waals surface area contributed by atoms with E-state index in [1.54, 1.807) is 18.2 Å². The molecular formula is C18H18O3. The molecule has 0 aromatic heterocycles. The second-order valence-electron chi connectivity index (χ2n) is 4.71. The van der Waals surface area contributed by atoms with Gasteiger partial charge < -0.3 is 14.9 Å². The van der Waals surface area contributed by atoms with Gasteiger partial charge in [0, 0.05) is 12.0 Å². The van der Waals surface area contributed by atoms with Crippen LogP contribution in [0.4, 0.5) is 0 Å². The summed E-state index contributed by atoms with van der Waals surface area (Å²) < 4.78 is 5.71. The van der Waals surface area contributed by atoms with Crippen molar-refractivity contribution in [3.8, 4) is 23.3 Å². The van der Waals surface area contributed by atoms with Crippen molar-refractivity contribution in [3.63, 3.8) is 0 Å². The molecule has 2 aromatic rings. The SMILES string of the molecule is Cc1cc(OCc2cccc(O)c2)ccc1C#CCCO. The third-order valence-electron chi connectivity index (χ3n) is 2.97. The number of benzene rings is 2. The van der Waals surface area contributed by atoms with Crippen LogP contribution >= 0.6 is 0 Å². The predicted molar refractivity (Wildman–Crippen MR) is 82.2 cm³/mol. The maximum Gasteiger partial charge on any atom is 0.120 e. The Kier molecular flexibility index (Phi) is 5.25. The topological polar surface area (TPSA) is 49.7 Å². The fraction of sp³-hybridized carbons (Fsp3) is 0.222. The number of ether oxygens (including phenoxy) is 1. The maximum atomic E-state index is 9.40. The Hall–Kier alpha value is -2.44. The molecule has 2 N–H and O–H groups in total. The largest absolute Gasteiger partial charge is 0.508 e. The van der Waals surface area contributed by atoms with E-state index in [4.69, 9.17) is 9.84 Å². The van der Waals surface area contributed by atoms with Crippen LogP contribution in [-0.4, -0.2) is 16.8 Å². The summed E-state index contributed by atoms with van der Waals surface area (Å²) in [5.41, 5.74) is 2.89. The van der Waals surface area contributed by atoms with Gasteiger partial charge in [0.25, 0.3) is 0 Å². The van der Waals surface area contributed by atoms with Crippen LogP contribution in [0.15, 0.2) is 42.5 Å². The first-order valence-electron chi connectivity index (χ1n) is 6.80. The Morgan fingerprint density at radius 1 is 1.14 bits per heavy atom. The van der Waals surface area contributed by atoms with Crippen LogP contribution in [0.25, 0.3) is 0 Å². The molecule has 0 atom stereocenters. The number of aliphatic hydroxyl groups excluding tert-OH is 1. The van der Waals surface area contributed by atoms with Crippen molar-refractivity contribution in [1.29, 1.82) is 0 Å². The van der Waals surface area contributed by atoms with Gasteiger partial charge in [-0.2, -0.15) is 0 Å². The second kappa shape index (κ2) is 7.37. The lowest BCUT2D eigenvalue weighted by Crippen LogP contribution is -1.96. The average molecular weight is 282 g/mol. The molecule has 0 bridgehead atoms. The molecule has 0 unspecified atom stereocenters. The highest BCUT2D eigenvalue weighted by molar-refractivity contribution is 5.44. The summed E-state index contributed by atoms with van der Waals surface area (Å²) in [6.45, 7) is 2.46. The maximum absolute atomic E-state index is 9.40. The molecule has 0 saturated carbocycles. The van der Waals surface area contributed by atoms with Crippen molar-refractivity contribution in [3.05, 3.63) is 59.2 Å². The highest BCUT2D eigenvalue weighted by Crippen LogP contribution is 2.19. The van der Waals surface area contributed by atoms with Crippen molar-refractivity contribution in [1.82, 2.24) is 0 Å². The minimum atomic E-state index is 0.0805. The van der Waals surface area contributed by atoms with Crippen molar-refractivity contribution >= 4 is 0 Å². The van der Waals surface area contributed by atoms with Crippen LogP contribution in [0.1, 0.15) is 23.1 Å². The van der Waals surface area contributed by atoms with Crippen LogP contribution in [0.2, 0.25) is 0 Å². The van der Waals surface area contributed by atoms with Crippen molar-refractivity contribution in [2.45, 2.75) is 20.0 Å². The van der Waals surface area contributed by atoms with Gasteiger partial charge in [-0.15, -0.1) is 0 Å². The quantitative estimate of drug-likeness (QED) is 0.848. The molecule has 2 aromatic carbocycles. The number of hydrogen-bond donors (Lipinski definition) is 2. The van der Waals surface area contributed by atoms with Gasteiger partial charge in [-0.1, -0.05) is 24.0 Å². The van der Waals surface area contributed by atoms with Crippen LogP contribution in [0.5, 0.6) is 11.5 Å². The Morgan fingerprint density at radius 3 is 2.71 bits per heavy atom. The molecule has 0 aliphatic carbocycles. The molecule has 3 heteroatoms. The van der Waals surface area contributed by atoms with E-state index in [9.17, 15) is 5.11 Å². The number of aryl methyl sites for hydroxylation is 1. The van der Waals surface area contributed by atoms with E-state index in [-0.39, 0.29) is 12.4 Å². The summed E-state index contributed by atoms with van der Waals surface area (Å²) in [4.78, 5) is 0. The Bertz CT molecular complexity index is 666. The summed E-state index contributed by atoms with van der Waals surface area (Å²) in [5.74, 6) is 6.94. The van der Waals surface area contributed by atoms with Crippen molar-refractivity contribution in [2.24, 2.45) is 0 Å². The number of aliphatic hydroxyl groups is 1. The molecule has 0 radical (unpaired) electrons. The third-order valence-corrected chi connectivity index (χ3v) is 2.97. The number of rotatable bonds is 4. The van der Waals surface area contributed by atoms with E-state index in [2.05, 4.69) is 11.8 Å². The first-order valence-corrected chi connectivity index (χ1v) is 6.80. The van der Waals surface area contributed by atoms with Gasteiger partial charge in [0.1, 0.15) is 18.1 Å². The zero-order chi connectivity index (χ0) is 15.1. The van der Waals surface area contributed by atoms with Crippen LogP contribution in [0, 0.1) is 18.8 Å². The fourth-order valence-electron chi connectivity index (χ4n) is 1.89. The van der Waals surface area contributed by atoms with Crippen LogP contribution in [-0.2, 0) is 6.61 Å². The zero-order valence-electron chi connectivity index (χ0n) is 12.0. The minimum Gasteiger partial charge on any atom is -0.508 e. The lowest BCUT2D eigenvalue weighted by atomic mass is 10.1. The minimum absolute atomic E-state index is 0.0805. The number of hydrogen-bond acceptors (Lipinski definition) is 3. The Labute approximate surface area is 124 Å². The van der Waals surface area contributed by atoms with Crippen molar-refractivity contribution < 1.29 is 14.9 Å². The molecule has 0 heterocycles. The van der Waals surface area contributed by atoms with E-state index in [0.29, 0.717) is 13.0 Å². The van der Waals surface area contributed by atoms with E-state index in [0.717, 1.165) is 22.4 Å². The molecule has 0 aliphatic heterocycles. The van der Waals surface area contributed by atoms with Gasteiger partial charge in [0.05, 0.1) is 6.61 Å². The fourth-order valence-corrected chi connectivity index (χ4v) is 1.89. The summed E-state index contributed by atoms with van der Waals surface area (Å²) in [6, 6.07) is 12.7. The molecule has 3 nitrogen and oxygen atoms in total. The number of phenolic OH excluding ortho intramolecular Hbond substituents is 1. The molecule has 108 valence electrons. The highest BCUT2D eigenvalue weighted by Gasteiger charge is 2.00. The summed E-state index contributed by atoms with van der Waals surface area (Å²) in [7, 11) is 0. The van der Waals surface area contributed by atoms with Crippen molar-refractivity contribution in [2.75, 3.05) is 6.61 Å². The second-order valence-corrected chi connectivity index (χ2v) is 4.71. The summed E-state index contributed by atoms with van der Waals surface area (Å²) >= 11 is 0. The molecule has 0 aliphatic rings. The molecule has 0 saturated heterocycles. The third kappa shape index (κ3) is 4.55. The zero-order valence-corrected chi connectivity index (χ0v) is 12.0. The summed E-state index contributed by atoms with van der Waals surface area (Å²) in [5, 5.41) is 18.1. The van der Waals surface area contributed by atoms with E-state index < -0.39 is 0 Å². The summed E-state index contributed by atoms with van der Waals surface area (Å²) in [6.07, 6.45) is 0.481. The van der Waals surface area contributed by atoms with Gasteiger partial charge in [-0.25, -0.2) is 0 Å². The molecule has 0 spiro atoms. The Balaban J connectivity index is 2.02. The van der Waals surface area contributed by atoms with E-state index in [1.807, 2.05) is 31.2 Å². The highest BCUT2D eigenvalue weighted by atomic mass is 16.5. The molecule has 2 rings (SSSR count). The first kappa shape index (κ1) is 15.0. The number of phenols is 1. The average Bonchev–Trinajstić information content (AvgIpc) is 2.47. The lowest BCUT2D eigenvalue weighted by Gasteiger charge is -2.08. The van der Waals surface area contributed by atoms with Gasteiger partial charge in [0.15, 0.2) is 0 Å². The monoisotopic (exact) mass is 282 g/mol. The smallest absolute Gasteiger partial charge is 0.120 e. The standard InChI is InChI=1S/C18H18O3/c1-14-11-18(9-8-16(14)6-2-3-10-19)21-13-15-5-4-7-17(20)12-15/h4-5,7-9,11-12,19-20H,3,10,13H2,1H3. The molecular weight excluding hydrogens is 264 g/mol.